The fourth-order valence-electron chi connectivity index (χ4n) is 2.02. The second-order valence-electron chi connectivity index (χ2n) is 5.13. The van der Waals surface area contributed by atoms with Crippen LogP contribution in [0.25, 0.3) is 6.08 Å². The Balaban J connectivity index is 1.71. The summed E-state index contributed by atoms with van der Waals surface area (Å²) in [5, 5.41) is 0. The Kier molecular flexibility index (Phi) is 6.58. The third-order valence-corrected chi connectivity index (χ3v) is 3.35. The summed E-state index contributed by atoms with van der Waals surface area (Å²) < 4.78 is 5.06. The van der Waals surface area contributed by atoms with E-state index in [1.165, 1.54) is 6.08 Å². The number of amides is 2. The SMILES string of the molecule is COc1ccc(/C=C/C(=O)NNC(=O)CCc2ccccc2)cc1. The molecule has 0 bridgehead atoms. The summed E-state index contributed by atoms with van der Waals surface area (Å²) in [5.41, 5.74) is 6.70. The first-order valence-corrected chi connectivity index (χ1v) is 7.62. The molecule has 0 saturated heterocycles. The van der Waals surface area contributed by atoms with Gasteiger partial charge in [0.2, 0.25) is 5.91 Å². The molecule has 0 atom stereocenters. The standard InChI is InChI=1S/C19H20N2O3/c1-24-17-11-7-16(8-12-17)10-14-19(23)21-20-18(22)13-9-15-5-3-2-4-6-15/h2-8,10-12,14H,9,13H2,1H3,(H,20,22)(H,21,23)/b14-10+. The van der Waals surface area contributed by atoms with E-state index in [9.17, 15) is 9.59 Å². The average Bonchev–Trinajstić information content (AvgIpc) is 2.64. The summed E-state index contributed by atoms with van der Waals surface area (Å²) in [6.45, 7) is 0. The molecule has 0 spiro atoms. The number of carbonyl (C=O) groups excluding carboxylic acids is 2. The highest BCUT2D eigenvalue weighted by molar-refractivity contribution is 5.93. The van der Waals surface area contributed by atoms with Gasteiger partial charge in [-0.25, -0.2) is 0 Å². The molecule has 124 valence electrons. The molecule has 2 amide bonds. The van der Waals surface area contributed by atoms with Crippen molar-refractivity contribution in [2.24, 2.45) is 0 Å². The van der Waals surface area contributed by atoms with Gasteiger partial charge >= 0.3 is 0 Å². The lowest BCUT2D eigenvalue weighted by molar-refractivity contribution is -0.126. The molecule has 0 aromatic heterocycles. The van der Waals surface area contributed by atoms with Gasteiger partial charge in [-0.2, -0.15) is 0 Å². The number of hydrazine groups is 1. The number of hydrogen-bond donors (Lipinski definition) is 2. The second kappa shape index (κ2) is 9.15. The number of rotatable bonds is 6. The Labute approximate surface area is 141 Å². The van der Waals surface area contributed by atoms with Crippen LogP contribution < -0.4 is 15.6 Å². The molecule has 0 unspecified atom stereocenters. The summed E-state index contributed by atoms with van der Waals surface area (Å²) in [4.78, 5) is 23.4. The fourth-order valence-corrected chi connectivity index (χ4v) is 2.02. The van der Waals surface area contributed by atoms with Gasteiger partial charge in [-0.1, -0.05) is 42.5 Å². The van der Waals surface area contributed by atoms with E-state index in [2.05, 4.69) is 10.9 Å². The minimum absolute atomic E-state index is 0.231. The van der Waals surface area contributed by atoms with Crippen molar-refractivity contribution in [2.45, 2.75) is 12.8 Å². The average molecular weight is 324 g/mol. The molecular formula is C19H20N2O3. The monoisotopic (exact) mass is 324 g/mol. The number of carbonyl (C=O) groups is 2. The van der Waals surface area contributed by atoms with Crippen LogP contribution in [0, 0.1) is 0 Å². The van der Waals surface area contributed by atoms with Gasteiger partial charge in [0.1, 0.15) is 5.75 Å². The highest BCUT2D eigenvalue weighted by Crippen LogP contribution is 2.12. The number of methoxy groups -OCH3 is 1. The molecule has 5 heteroatoms. The minimum atomic E-state index is -0.390. The maximum atomic E-state index is 11.7. The maximum absolute atomic E-state index is 11.7. The van der Waals surface area contributed by atoms with Gasteiger partial charge in [-0.3, -0.25) is 20.4 Å². The normalized spacial score (nSPS) is 10.4. The zero-order valence-electron chi connectivity index (χ0n) is 13.5. The number of benzene rings is 2. The lowest BCUT2D eigenvalue weighted by atomic mass is 10.1. The zero-order chi connectivity index (χ0) is 17.2. The molecule has 0 saturated carbocycles. The lowest BCUT2D eigenvalue weighted by Gasteiger charge is -2.05. The van der Waals surface area contributed by atoms with Crippen molar-refractivity contribution in [1.29, 1.82) is 0 Å². The van der Waals surface area contributed by atoms with E-state index >= 15 is 0 Å². The Morgan fingerprint density at radius 2 is 1.71 bits per heavy atom. The van der Waals surface area contributed by atoms with Gasteiger partial charge in [0.15, 0.2) is 0 Å². The molecule has 2 aromatic carbocycles. The summed E-state index contributed by atoms with van der Waals surface area (Å²) in [6, 6.07) is 17.0. The van der Waals surface area contributed by atoms with Crippen LogP contribution in [-0.2, 0) is 16.0 Å². The van der Waals surface area contributed by atoms with E-state index in [0.29, 0.717) is 12.8 Å². The molecule has 0 aliphatic heterocycles. The number of aryl methyl sites for hydroxylation is 1. The van der Waals surface area contributed by atoms with Gasteiger partial charge in [-0.05, 0) is 35.8 Å². The first-order valence-electron chi connectivity index (χ1n) is 7.62. The van der Waals surface area contributed by atoms with Crippen molar-refractivity contribution in [3.63, 3.8) is 0 Å². The van der Waals surface area contributed by atoms with Crippen molar-refractivity contribution in [3.05, 3.63) is 71.8 Å². The number of ether oxygens (including phenoxy) is 1. The molecule has 0 aliphatic carbocycles. The summed E-state index contributed by atoms with van der Waals surface area (Å²) >= 11 is 0. The van der Waals surface area contributed by atoms with E-state index < -0.39 is 0 Å². The van der Waals surface area contributed by atoms with Crippen LogP contribution >= 0.6 is 0 Å². The number of hydrogen-bond acceptors (Lipinski definition) is 3. The third-order valence-electron chi connectivity index (χ3n) is 3.35. The van der Waals surface area contributed by atoms with Gasteiger partial charge in [0, 0.05) is 12.5 Å². The number of nitrogens with one attached hydrogen (secondary N) is 2. The molecule has 2 aromatic rings. The van der Waals surface area contributed by atoms with Crippen molar-refractivity contribution in [1.82, 2.24) is 10.9 Å². The summed E-state index contributed by atoms with van der Waals surface area (Å²) in [5.74, 6) is 0.131. The lowest BCUT2D eigenvalue weighted by Crippen LogP contribution is -2.40. The van der Waals surface area contributed by atoms with Crippen LogP contribution in [0.2, 0.25) is 0 Å². The topological polar surface area (TPSA) is 67.4 Å². The smallest absolute Gasteiger partial charge is 0.262 e. The zero-order valence-corrected chi connectivity index (χ0v) is 13.5. The molecular weight excluding hydrogens is 304 g/mol. The Morgan fingerprint density at radius 1 is 1.00 bits per heavy atom. The van der Waals surface area contributed by atoms with Gasteiger partial charge in [-0.15, -0.1) is 0 Å². The largest absolute Gasteiger partial charge is 0.497 e. The van der Waals surface area contributed by atoms with Crippen molar-refractivity contribution in [2.75, 3.05) is 7.11 Å². The summed E-state index contributed by atoms with van der Waals surface area (Å²) in [6.07, 6.45) is 3.96. The van der Waals surface area contributed by atoms with E-state index in [1.807, 2.05) is 54.6 Å². The second-order valence-corrected chi connectivity index (χ2v) is 5.13. The molecule has 2 N–H and O–H groups in total. The minimum Gasteiger partial charge on any atom is -0.497 e. The Bertz CT molecular complexity index is 694. The third kappa shape index (κ3) is 5.96. The Morgan fingerprint density at radius 3 is 2.38 bits per heavy atom. The van der Waals surface area contributed by atoms with E-state index in [4.69, 9.17) is 4.74 Å². The molecule has 0 fully saturated rings. The molecule has 0 heterocycles. The highest BCUT2D eigenvalue weighted by atomic mass is 16.5. The van der Waals surface area contributed by atoms with E-state index in [1.54, 1.807) is 13.2 Å². The van der Waals surface area contributed by atoms with Crippen LogP contribution in [0.3, 0.4) is 0 Å². The van der Waals surface area contributed by atoms with Crippen LogP contribution in [-0.4, -0.2) is 18.9 Å². The van der Waals surface area contributed by atoms with Crippen LogP contribution in [0.1, 0.15) is 17.5 Å². The molecule has 5 nitrogen and oxygen atoms in total. The predicted molar refractivity (Wildman–Crippen MR) is 93.1 cm³/mol. The molecule has 0 radical (unpaired) electrons. The molecule has 24 heavy (non-hydrogen) atoms. The highest BCUT2D eigenvalue weighted by Gasteiger charge is 2.03. The first kappa shape index (κ1) is 17.3. The quantitative estimate of drug-likeness (QED) is 0.634. The van der Waals surface area contributed by atoms with Gasteiger partial charge in [0.25, 0.3) is 5.91 Å². The fraction of sp³-hybridized carbons (Fsp3) is 0.158. The van der Waals surface area contributed by atoms with Crippen molar-refractivity contribution in [3.8, 4) is 5.75 Å². The van der Waals surface area contributed by atoms with E-state index in [-0.39, 0.29) is 11.8 Å². The van der Waals surface area contributed by atoms with Gasteiger partial charge in [0.05, 0.1) is 7.11 Å². The van der Waals surface area contributed by atoms with Crippen LogP contribution in [0.15, 0.2) is 60.7 Å². The van der Waals surface area contributed by atoms with Crippen LogP contribution in [0.4, 0.5) is 0 Å². The maximum Gasteiger partial charge on any atom is 0.262 e. The molecule has 0 aliphatic rings. The predicted octanol–water partition coefficient (Wildman–Crippen LogP) is 2.49. The first-order chi connectivity index (χ1) is 11.7. The van der Waals surface area contributed by atoms with E-state index in [0.717, 1.165) is 16.9 Å². The molecule has 2 rings (SSSR count). The summed E-state index contributed by atoms with van der Waals surface area (Å²) in [7, 11) is 1.60. The Hall–Kier alpha value is -3.08. The van der Waals surface area contributed by atoms with Gasteiger partial charge < -0.3 is 4.74 Å². The van der Waals surface area contributed by atoms with Crippen LogP contribution in [0.5, 0.6) is 5.75 Å². The van der Waals surface area contributed by atoms with Crippen molar-refractivity contribution < 1.29 is 14.3 Å². The van der Waals surface area contributed by atoms with Crippen molar-refractivity contribution >= 4 is 17.9 Å².